The molecule has 0 heterocycles. The zero-order valence-corrected chi connectivity index (χ0v) is 12.5. The van der Waals surface area contributed by atoms with Crippen LogP contribution in [0.1, 0.15) is 19.8 Å². The molecule has 1 atom stereocenters. The van der Waals surface area contributed by atoms with E-state index in [1.807, 2.05) is 36.4 Å². The molecule has 0 saturated carbocycles. The normalized spacial score (nSPS) is 13.7. The van der Waals surface area contributed by atoms with Crippen LogP contribution in [0.15, 0.2) is 60.7 Å². The van der Waals surface area contributed by atoms with Gasteiger partial charge in [0.05, 0.1) is 11.9 Å². The minimum Gasteiger partial charge on any atom is -0.421 e. The summed E-state index contributed by atoms with van der Waals surface area (Å²) in [5, 5.41) is 0.583. The predicted octanol–water partition coefficient (Wildman–Crippen LogP) is 4.40. The van der Waals surface area contributed by atoms with Gasteiger partial charge in [-0.05, 0) is 30.7 Å². The molecule has 0 saturated heterocycles. The first kappa shape index (κ1) is 14.8. The van der Waals surface area contributed by atoms with Crippen LogP contribution >= 0.6 is 7.60 Å². The summed E-state index contributed by atoms with van der Waals surface area (Å²) in [6, 6.07) is 18.2. The van der Waals surface area contributed by atoms with E-state index in [0.717, 1.165) is 12.8 Å². The molecular formula is C16H19O3P. The fourth-order valence-corrected chi connectivity index (χ4v) is 3.33. The Labute approximate surface area is 120 Å². The van der Waals surface area contributed by atoms with Gasteiger partial charge < -0.3 is 4.52 Å². The molecule has 2 rings (SSSR count). The first-order valence-electron chi connectivity index (χ1n) is 6.79. The molecule has 0 aliphatic heterocycles. The predicted molar refractivity (Wildman–Crippen MR) is 81.6 cm³/mol. The van der Waals surface area contributed by atoms with Crippen molar-refractivity contribution in [3.8, 4) is 5.75 Å². The third-order valence-corrected chi connectivity index (χ3v) is 4.70. The molecule has 0 aliphatic carbocycles. The van der Waals surface area contributed by atoms with Gasteiger partial charge in [0.25, 0.3) is 0 Å². The van der Waals surface area contributed by atoms with E-state index in [-0.39, 0.29) is 0 Å². The van der Waals surface area contributed by atoms with Crippen LogP contribution < -0.4 is 9.83 Å². The summed E-state index contributed by atoms with van der Waals surface area (Å²) in [7, 11) is -3.32. The lowest BCUT2D eigenvalue weighted by Crippen LogP contribution is -2.12. The van der Waals surface area contributed by atoms with Gasteiger partial charge in [0.1, 0.15) is 5.75 Å². The standard InChI is InChI=1S/C16H19O3P/c1-2-3-14-18-20(17,16-12-8-5-9-13-16)19-15-10-6-4-7-11-15/h4-13H,2-3,14H2,1H3. The van der Waals surface area contributed by atoms with Crippen molar-refractivity contribution in [2.45, 2.75) is 19.8 Å². The van der Waals surface area contributed by atoms with Crippen molar-refractivity contribution in [3.63, 3.8) is 0 Å². The van der Waals surface area contributed by atoms with Crippen LogP contribution in [0.4, 0.5) is 0 Å². The van der Waals surface area contributed by atoms with Gasteiger partial charge >= 0.3 is 7.60 Å². The highest BCUT2D eigenvalue weighted by Crippen LogP contribution is 2.47. The molecule has 106 valence electrons. The second-order valence-electron chi connectivity index (χ2n) is 4.42. The molecule has 3 nitrogen and oxygen atoms in total. The monoisotopic (exact) mass is 290 g/mol. The quantitative estimate of drug-likeness (QED) is 0.560. The maximum Gasteiger partial charge on any atom is 0.410 e. The molecule has 0 radical (unpaired) electrons. The molecule has 20 heavy (non-hydrogen) atoms. The van der Waals surface area contributed by atoms with Gasteiger partial charge in [-0.2, -0.15) is 0 Å². The maximum absolute atomic E-state index is 13.0. The van der Waals surface area contributed by atoms with E-state index in [2.05, 4.69) is 6.92 Å². The van der Waals surface area contributed by atoms with Crippen molar-refractivity contribution >= 4 is 12.9 Å². The van der Waals surface area contributed by atoms with E-state index in [9.17, 15) is 4.57 Å². The molecule has 0 N–H and O–H groups in total. The smallest absolute Gasteiger partial charge is 0.410 e. The van der Waals surface area contributed by atoms with E-state index in [1.165, 1.54) is 0 Å². The Bertz CT molecular complexity index is 554. The summed E-state index contributed by atoms with van der Waals surface area (Å²) in [5.41, 5.74) is 0. The molecule has 0 spiro atoms. The molecule has 0 fully saturated rings. The molecular weight excluding hydrogens is 271 g/mol. The van der Waals surface area contributed by atoms with Crippen LogP contribution in [-0.4, -0.2) is 6.61 Å². The average molecular weight is 290 g/mol. The van der Waals surface area contributed by atoms with Crippen molar-refractivity contribution in [3.05, 3.63) is 60.7 Å². The summed E-state index contributed by atoms with van der Waals surface area (Å²) in [6.07, 6.45) is 1.84. The SMILES string of the molecule is CCCCOP(=O)(Oc1ccccc1)c1ccccc1. The molecule has 0 aliphatic rings. The minimum absolute atomic E-state index is 0.426. The summed E-state index contributed by atoms with van der Waals surface area (Å²) in [4.78, 5) is 0. The van der Waals surface area contributed by atoms with Gasteiger partial charge in [-0.25, -0.2) is 4.57 Å². The number of unbranched alkanes of at least 4 members (excludes halogenated alkanes) is 1. The number of benzene rings is 2. The van der Waals surface area contributed by atoms with Crippen molar-refractivity contribution in [2.24, 2.45) is 0 Å². The van der Waals surface area contributed by atoms with Crippen LogP contribution in [0.5, 0.6) is 5.75 Å². The molecule has 4 heteroatoms. The van der Waals surface area contributed by atoms with E-state index in [0.29, 0.717) is 17.7 Å². The summed E-state index contributed by atoms with van der Waals surface area (Å²) in [5.74, 6) is 0.552. The summed E-state index contributed by atoms with van der Waals surface area (Å²) >= 11 is 0. The van der Waals surface area contributed by atoms with Crippen LogP contribution in [-0.2, 0) is 9.09 Å². The average Bonchev–Trinajstić information content (AvgIpc) is 2.49. The van der Waals surface area contributed by atoms with Gasteiger partial charge in [0, 0.05) is 0 Å². The largest absolute Gasteiger partial charge is 0.421 e. The van der Waals surface area contributed by atoms with Crippen LogP contribution in [0.25, 0.3) is 0 Å². The first-order chi connectivity index (χ1) is 9.74. The topological polar surface area (TPSA) is 35.5 Å². The molecule has 0 aromatic heterocycles. The van der Waals surface area contributed by atoms with Gasteiger partial charge in [0.2, 0.25) is 0 Å². The number of hydrogen-bond acceptors (Lipinski definition) is 3. The van der Waals surface area contributed by atoms with Crippen molar-refractivity contribution in [2.75, 3.05) is 6.61 Å². The Morgan fingerprint density at radius 3 is 2.15 bits per heavy atom. The van der Waals surface area contributed by atoms with Crippen molar-refractivity contribution in [1.29, 1.82) is 0 Å². The summed E-state index contributed by atoms with van der Waals surface area (Å²) < 4.78 is 24.3. The fourth-order valence-electron chi connectivity index (χ4n) is 1.71. The number of hydrogen-bond donors (Lipinski definition) is 0. The third kappa shape index (κ3) is 3.96. The first-order valence-corrected chi connectivity index (χ1v) is 8.34. The van der Waals surface area contributed by atoms with E-state index in [1.54, 1.807) is 24.3 Å². The highest BCUT2D eigenvalue weighted by Gasteiger charge is 2.28. The van der Waals surface area contributed by atoms with Crippen LogP contribution in [0.2, 0.25) is 0 Å². The van der Waals surface area contributed by atoms with E-state index in [4.69, 9.17) is 9.05 Å². The van der Waals surface area contributed by atoms with E-state index >= 15 is 0 Å². The highest BCUT2D eigenvalue weighted by atomic mass is 31.2. The Hall–Kier alpha value is -1.57. The van der Waals surface area contributed by atoms with Crippen LogP contribution in [0.3, 0.4) is 0 Å². The molecule has 0 amide bonds. The highest BCUT2D eigenvalue weighted by molar-refractivity contribution is 7.62. The number of para-hydroxylation sites is 1. The Balaban J connectivity index is 2.22. The van der Waals surface area contributed by atoms with Crippen molar-refractivity contribution < 1.29 is 13.6 Å². The Kier molecular flexibility index (Phi) is 5.40. The second-order valence-corrected chi connectivity index (χ2v) is 6.38. The Morgan fingerprint density at radius 2 is 1.55 bits per heavy atom. The lowest BCUT2D eigenvalue weighted by atomic mass is 10.3. The summed E-state index contributed by atoms with van der Waals surface area (Å²) in [6.45, 7) is 2.49. The zero-order chi connectivity index (χ0) is 14.3. The van der Waals surface area contributed by atoms with Gasteiger partial charge in [0.15, 0.2) is 0 Å². The molecule has 2 aromatic carbocycles. The minimum atomic E-state index is -3.32. The zero-order valence-electron chi connectivity index (χ0n) is 11.6. The molecule has 2 aromatic rings. The fraction of sp³-hybridized carbons (Fsp3) is 0.250. The van der Waals surface area contributed by atoms with Gasteiger partial charge in [-0.15, -0.1) is 0 Å². The third-order valence-electron chi connectivity index (χ3n) is 2.80. The Morgan fingerprint density at radius 1 is 0.950 bits per heavy atom. The van der Waals surface area contributed by atoms with E-state index < -0.39 is 7.60 Å². The van der Waals surface area contributed by atoms with Gasteiger partial charge in [-0.1, -0.05) is 49.7 Å². The van der Waals surface area contributed by atoms with Crippen molar-refractivity contribution in [1.82, 2.24) is 0 Å². The lowest BCUT2D eigenvalue weighted by Gasteiger charge is -2.19. The maximum atomic E-state index is 13.0. The van der Waals surface area contributed by atoms with Crippen LogP contribution in [0, 0.1) is 0 Å². The molecule has 1 unspecified atom stereocenters. The second kappa shape index (κ2) is 7.28. The lowest BCUT2D eigenvalue weighted by molar-refractivity contribution is 0.269. The number of rotatable bonds is 7. The van der Waals surface area contributed by atoms with Gasteiger partial charge in [-0.3, -0.25) is 4.52 Å². The molecule has 0 bridgehead atoms.